The standard InChI is InChI=1S/C18H26Cl2N4O2.2ClH/c1-3-26-18(25)14(21)5-7-17-22-15-12-13(4-6-16(15)23(17)2)24(10-8-19)11-9-20;;/h4,6,12,14H,3,5,7-11,21H2,1-2H3;2*1H. The molecular weight excluding hydrogens is 446 g/mol. The van der Waals surface area contributed by atoms with Crippen LogP contribution in [0.15, 0.2) is 18.2 Å². The van der Waals surface area contributed by atoms with Gasteiger partial charge in [0.25, 0.3) is 0 Å². The molecule has 1 aromatic heterocycles. The molecule has 2 N–H and O–H groups in total. The lowest BCUT2D eigenvalue weighted by molar-refractivity contribution is -0.144. The van der Waals surface area contributed by atoms with Crippen LogP contribution in [0.4, 0.5) is 5.69 Å². The molecule has 0 bridgehead atoms. The minimum Gasteiger partial charge on any atom is -0.465 e. The van der Waals surface area contributed by atoms with Crippen molar-refractivity contribution in [3.05, 3.63) is 24.0 Å². The van der Waals surface area contributed by atoms with Crippen molar-refractivity contribution in [3.8, 4) is 0 Å². The lowest BCUT2D eigenvalue weighted by Crippen LogP contribution is -2.33. The zero-order valence-corrected chi connectivity index (χ0v) is 19.2. The van der Waals surface area contributed by atoms with Crippen LogP contribution in [0.2, 0.25) is 0 Å². The van der Waals surface area contributed by atoms with Crippen LogP contribution < -0.4 is 10.6 Å². The van der Waals surface area contributed by atoms with Gasteiger partial charge < -0.3 is 19.9 Å². The molecule has 10 heteroatoms. The van der Waals surface area contributed by atoms with Crippen molar-refractivity contribution in [1.82, 2.24) is 9.55 Å². The van der Waals surface area contributed by atoms with Crippen LogP contribution in [-0.2, 0) is 23.0 Å². The fraction of sp³-hybridized carbons (Fsp3) is 0.556. The Labute approximate surface area is 188 Å². The van der Waals surface area contributed by atoms with Gasteiger partial charge >= 0.3 is 5.97 Å². The third kappa shape index (κ3) is 6.85. The Morgan fingerprint density at radius 1 is 1.29 bits per heavy atom. The second-order valence-electron chi connectivity index (χ2n) is 6.02. The third-order valence-electron chi connectivity index (χ3n) is 4.30. The number of benzene rings is 1. The van der Waals surface area contributed by atoms with E-state index in [0.29, 0.717) is 31.2 Å². The van der Waals surface area contributed by atoms with Gasteiger partial charge in [-0.05, 0) is 31.5 Å². The zero-order valence-electron chi connectivity index (χ0n) is 16.1. The van der Waals surface area contributed by atoms with E-state index < -0.39 is 6.04 Å². The number of carbonyl (C=O) groups is 1. The van der Waals surface area contributed by atoms with E-state index in [9.17, 15) is 4.79 Å². The van der Waals surface area contributed by atoms with Crippen molar-refractivity contribution in [1.29, 1.82) is 0 Å². The van der Waals surface area contributed by atoms with Crippen molar-refractivity contribution < 1.29 is 9.53 Å². The second kappa shape index (κ2) is 13.3. The molecule has 1 unspecified atom stereocenters. The summed E-state index contributed by atoms with van der Waals surface area (Å²) in [5, 5.41) is 0. The minimum absolute atomic E-state index is 0. The molecule has 1 atom stereocenters. The van der Waals surface area contributed by atoms with Crippen LogP contribution in [0.1, 0.15) is 19.2 Å². The number of rotatable bonds is 10. The van der Waals surface area contributed by atoms with Gasteiger partial charge in [0.05, 0.1) is 17.6 Å². The fourth-order valence-corrected chi connectivity index (χ4v) is 3.29. The quantitative estimate of drug-likeness (QED) is 0.422. The van der Waals surface area contributed by atoms with Crippen LogP contribution in [0.5, 0.6) is 0 Å². The van der Waals surface area contributed by atoms with Gasteiger partial charge in [-0.25, -0.2) is 4.98 Å². The molecule has 0 saturated heterocycles. The summed E-state index contributed by atoms with van der Waals surface area (Å²) in [5.41, 5.74) is 8.86. The number of hydrogen-bond acceptors (Lipinski definition) is 5. The average Bonchev–Trinajstić information content (AvgIpc) is 2.95. The number of nitrogens with two attached hydrogens (primary N) is 1. The molecule has 160 valence electrons. The Hall–Kier alpha value is -0.920. The number of aryl methyl sites for hydroxylation is 2. The first-order chi connectivity index (χ1) is 12.5. The maximum atomic E-state index is 11.7. The summed E-state index contributed by atoms with van der Waals surface area (Å²) < 4.78 is 6.98. The monoisotopic (exact) mass is 472 g/mol. The normalized spacial score (nSPS) is 11.5. The zero-order chi connectivity index (χ0) is 19.1. The molecular formula is C18H28Cl4N4O2. The van der Waals surface area contributed by atoms with E-state index in [1.54, 1.807) is 6.92 Å². The average molecular weight is 474 g/mol. The summed E-state index contributed by atoms with van der Waals surface area (Å²) in [6, 6.07) is 5.51. The fourth-order valence-electron chi connectivity index (χ4n) is 2.88. The molecule has 0 aliphatic rings. The van der Waals surface area contributed by atoms with Crippen molar-refractivity contribution in [3.63, 3.8) is 0 Å². The molecule has 0 saturated carbocycles. The summed E-state index contributed by atoms with van der Waals surface area (Å²) in [4.78, 5) is 18.5. The van der Waals surface area contributed by atoms with Gasteiger partial charge in [-0.3, -0.25) is 4.79 Å². The molecule has 2 rings (SSSR count). The largest absolute Gasteiger partial charge is 0.465 e. The molecule has 0 spiro atoms. The van der Waals surface area contributed by atoms with Crippen LogP contribution >= 0.6 is 48.0 Å². The Morgan fingerprint density at radius 2 is 1.93 bits per heavy atom. The van der Waals surface area contributed by atoms with Crippen molar-refractivity contribution in [2.24, 2.45) is 12.8 Å². The minimum atomic E-state index is -0.631. The van der Waals surface area contributed by atoms with Gasteiger partial charge in [0.1, 0.15) is 11.9 Å². The van der Waals surface area contributed by atoms with Gasteiger partial charge in [0.15, 0.2) is 0 Å². The predicted octanol–water partition coefficient (Wildman–Crippen LogP) is 3.52. The highest BCUT2D eigenvalue weighted by molar-refractivity contribution is 6.18. The van der Waals surface area contributed by atoms with Crippen molar-refractivity contribution in [2.75, 3.05) is 36.4 Å². The Balaban J connectivity index is 0.00000364. The molecule has 0 aliphatic carbocycles. The number of aromatic nitrogens is 2. The summed E-state index contributed by atoms with van der Waals surface area (Å²) in [7, 11) is 1.97. The number of nitrogens with zero attached hydrogens (tertiary/aromatic N) is 3. The smallest absolute Gasteiger partial charge is 0.322 e. The summed E-state index contributed by atoms with van der Waals surface area (Å²) in [5.74, 6) is 1.59. The number of anilines is 1. The highest BCUT2D eigenvalue weighted by atomic mass is 35.5. The molecule has 6 nitrogen and oxygen atoms in total. The van der Waals surface area contributed by atoms with E-state index in [-0.39, 0.29) is 30.8 Å². The van der Waals surface area contributed by atoms with Crippen LogP contribution in [0.25, 0.3) is 11.0 Å². The molecule has 1 heterocycles. The first-order valence-electron chi connectivity index (χ1n) is 8.76. The molecule has 28 heavy (non-hydrogen) atoms. The van der Waals surface area contributed by atoms with Crippen LogP contribution in [0, 0.1) is 0 Å². The number of halogens is 4. The van der Waals surface area contributed by atoms with E-state index >= 15 is 0 Å². The van der Waals surface area contributed by atoms with Gasteiger partial charge in [0.2, 0.25) is 0 Å². The molecule has 0 fully saturated rings. The third-order valence-corrected chi connectivity index (χ3v) is 4.64. The second-order valence-corrected chi connectivity index (χ2v) is 6.78. The number of esters is 1. The lowest BCUT2D eigenvalue weighted by Gasteiger charge is -2.22. The first-order valence-corrected chi connectivity index (χ1v) is 9.83. The number of fused-ring (bicyclic) bond motifs is 1. The number of carbonyl (C=O) groups excluding carboxylic acids is 1. The highest BCUT2D eigenvalue weighted by Gasteiger charge is 2.17. The van der Waals surface area contributed by atoms with E-state index in [2.05, 4.69) is 11.0 Å². The molecule has 0 radical (unpaired) electrons. The number of alkyl halides is 2. The SMILES string of the molecule is CCOC(=O)C(N)CCc1nc2cc(N(CCCl)CCCl)ccc2n1C.Cl.Cl. The number of ether oxygens (including phenoxy) is 1. The number of imidazole rings is 1. The van der Waals surface area contributed by atoms with Crippen LogP contribution in [0.3, 0.4) is 0 Å². The van der Waals surface area contributed by atoms with E-state index in [0.717, 1.165) is 35.6 Å². The molecule has 0 aliphatic heterocycles. The first kappa shape index (κ1) is 27.1. The van der Waals surface area contributed by atoms with E-state index in [1.807, 2.05) is 23.7 Å². The van der Waals surface area contributed by atoms with E-state index in [4.69, 9.17) is 38.7 Å². The maximum absolute atomic E-state index is 11.7. The highest BCUT2D eigenvalue weighted by Crippen LogP contribution is 2.23. The topological polar surface area (TPSA) is 73.4 Å². The van der Waals surface area contributed by atoms with Crippen molar-refractivity contribution in [2.45, 2.75) is 25.8 Å². The van der Waals surface area contributed by atoms with Crippen LogP contribution in [-0.4, -0.2) is 53.0 Å². The molecule has 2 aromatic rings. The van der Waals surface area contributed by atoms with Gasteiger partial charge in [-0.2, -0.15) is 0 Å². The Morgan fingerprint density at radius 3 is 2.50 bits per heavy atom. The maximum Gasteiger partial charge on any atom is 0.322 e. The summed E-state index contributed by atoms with van der Waals surface area (Å²) in [6.07, 6.45) is 1.10. The molecule has 1 aromatic carbocycles. The predicted molar refractivity (Wildman–Crippen MR) is 122 cm³/mol. The lowest BCUT2D eigenvalue weighted by atomic mass is 10.1. The van der Waals surface area contributed by atoms with Gasteiger partial charge in [-0.1, -0.05) is 0 Å². The Bertz CT molecular complexity index is 736. The Kier molecular flexibility index (Phi) is 12.9. The summed E-state index contributed by atoms with van der Waals surface area (Å²) in [6.45, 7) is 3.57. The van der Waals surface area contributed by atoms with Gasteiger partial charge in [-0.15, -0.1) is 48.0 Å². The van der Waals surface area contributed by atoms with Gasteiger partial charge in [0, 0.05) is 44.0 Å². The van der Waals surface area contributed by atoms with E-state index in [1.165, 1.54) is 0 Å². The number of hydrogen-bond donors (Lipinski definition) is 1. The summed E-state index contributed by atoms with van der Waals surface area (Å²) >= 11 is 11.8. The van der Waals surface area contributed by atoms with Crippen molar-refractivity contribution >= 4 is 70.7 Å². The molecule has 0 amide bonds.